The molecule has 2 aliphatic rings. The van der Waals surface area contributed by atoms with Crippen LogP contribution in [0.4, 0.5) is 4.39 Å². The average molecular weight is 452 g/mol. The number of nitrogens with two attached hydrogens (primary N) is 1. The molecular formula is C26H30FN3O3. The van der Waals surface area contributed by atoms with Crippen LogP contribution < -0.4 is 15.2 Å². The minimum absolute atomic E-state index is 0.174. The SMILES string of the molecule is COc1ccc(C(N)=O)c2c1OC[C@H](N(CCCc1c[nH]c3ccc(F)cc13)C1CCC1)C2. The molecule has 1 amide bonds. The van der Waals surface area contributed by atoms with Crippen molar-refractivity contribution in [2.24, 2.45) is 5.73 Å². The van der Waals surface area contributed by atoms with Gasteiger partial charge < -0.3 is 20.2 Å². The summed E-state index contributed by atoms with van der Waals surface area (Å²) >= 11 is 0. The number of aromatic nitrogens is 1. The zero-order valence-corrected chi connectivity index (χ0v) is 18.9. The third kappa shape index (κ3) is 4.17. The zero-order valence-electron chi connectivity index (χ0n) is 18.9. The zero-order chi connectivity index (χ0) is 22.9. The van der Waals surface area contributed by atoms with Gasteiger partial charge in [0.05, 0.1) is 7.11 Å². The highest BCUT2D eigenvalue weighted by atomic mass is 19.1. The van der Waals surface area contributed by atoms with Crippen LogP contribution in [-0.2, 0) is 12.8 Å². The number of ether oxygens (including phenoxy) is 2. The van der Waals surface area contributed by atoms with Gasteiger partial charge in [-0.1, -0.05) is 6.42 Å². The number of amides is 1. The summed E-state index contributed by atoms with van der Waals surface area (Å²) in [5.74, 6) is 0.618. The van der Waals surface area contributed by atoms with E-state index in [0.717, 1.165) is 41.4 Å². The highest BCUT2D eigenvalue weighted by molar-refractivity contribution is 5.95. The molecule has 33 heavy (non-hydrogen) atoms. The molecule has 5 rings (SSSR count). The second kappa shape index (κ2) is 9.06. The Hall–Kier alpha value is -3.06. The molecule has 0 saturated heterocycles. The van der Waals surface area contributed by atoms with Gasteiger partial charge >= 0.3 is 0 Å². The number of hydrogen-bond acceptors (Lipinski definition) is 4. The molecule has 1 fully saturated rings. The van der Waals surface area contributed by atoms with E-state index in [1.807, 2.05) is 6.20 Å². The smallest absolute Gasteiger partial charge is 0.249 e. The quantitative estimate of drug-likeness (QED) is 0.538. The molecule has 2 aromatic carbocycles. The average Bonchev–Trinajstić information content (AvgIpc) is 3.17. The van der Waals surface area contributed by atoms with Crippen molar-refractivity contribution in [2.45, 2.75) is 50.6 Å². The lowest BCUT2D eigenvalue weighted by Gasteiger charge is -2.44. The summed E-state index contributed by atoms with van der Waals surface area (Å²) in [7, 11) is 1.60. The third-order valence-corrected chi connectivity index (χ3v) is 7.17. The fraction of sp³-hybridized carbons (Fsp3) is 0.423. The highest BCUT2D eigenvalue weighted by Crippen LogP contribution is 2.39. The fourth-order valence-corrected chi connectivity index (χ4v) is 5.24. The molecule has 174 valence electrons. The second-order valence-corrected chi connectivity index (χ2v) is 9.09. The van der Waals surface area contributed by atoms with Gasteiger partial charge in [-0.2, -0.15) is 0 Å². The maximum absolute atomic E-state index is 13.7. The Bertz CT molecular complexity index is 1170. The van der Waals surface area contributed by atoms with E-state index >= 15 is 0 Å². The molecule has 1 atom stereocenters. The van der Waals surface area contributed by atoms with E-state index in [4.69, 9.17) is 15.2 Å². The summed E-state index contributed by atoms with van der Waals surface area (Å²) in [4.78, 5) is 17.9. The number of methoxy groups -OCH3 is 1. The Kier molecular flexibility index (Phi) is 5.98. The van der Waals surface area contributed by atoms with Gasteiger partial charge in [0, 0.05) is 40.3 Å². The van der Waals surface area contributed by atoms with Crippen molar-refractivity contribution in [3.05, 3.63) is 59.0 Å². The van der Waals surface area contributed by atoms with Gasteiger partial charge in [-0.05, 0) is 74.5 Å². The molecule has 1 aromatic heterocycles. The number of nitrogens with one attached hydrogen (secondary N) is 1. The van der Waals surface area contributed by atoms with Crippen molar-refractivity contribution >= 4 is 16.8 Å². The lowest BCUT2D eigenvalue weighted by molar-refractivity contribution is 0.0426. The first kappa shape index (κ1) is 21.8. The number of H-pyrrole nitrogens is 1. The first-order chi connectivity index (χ1) is 16.0. The van der Waals surface area contributed by atoms with E-state index in [9.17, 15) is 9.18 Å². The summed E-state index contributed by atoms with van der Waals surface area (Å²) in [6, 6.07) is 9.06. The van der Waals surface area contributed by atoms with Gasteiger partial charge in [0.15, 0.2) is 11.5 Å². The number of fused-ring (bicyclic) bond motifs is 2. The molecule has 1 saturated carbocycles. The molecule has 3 N–H and O–H groups in total. The molecule has 6 nitrogen and oxygen atoms in total. The summed E-state index contributed by atoms with van der Waals surface area (Å²) < 4.78 is 25.3. The van der Waals surface area contributed by atoms with Crippen molar-refractivity contribution in [3.8, 4) is 11.5 Å². The monoisotopic (exact) mass is 451 g/mol. The van der Waals surface area contributed by atoms with Crippen LogP contribution in [0.25, 0.3) is 10.9 Å². The standard InChI is InChI=1S/C26H30FN3O3/c1-32-24-10-8-20(26(28)31)22-13-19(15-33-25(22)24)30(18-5-2-6-18)11-3-4-16-14-29-23-9-7-17(27)12-21(16)23/h7-10,12,14,18-19,29H,2-6,11,13,15H2,1H3,(H2,28,31)/t19-/m1/s1. The van der Waals surface area contributed by atoms with Crippen LogP contribution in [0.3, 0.4) is 0 Å². The Balaban J connectivity index is 1.33. The first-order valence-electron chi connectivity index (χ1n) is 11.7. The van der Waals surface area contributed by atoms with Gasteiger partial charge in [0.25, 0.3) is 0 Å². The molecule has 0 radical (unpaired) electrons. The molecule has 0 spiro atoms. The molecule has 2 heterocycles. The van der Waals surface area contributed by atoms with E-state index < -0.39 is 5.91 Å². The Labute approximate surface area is 192 Å². The molecule has 0 bridgehead atoms. The molecule has 0 unspecified atom stereocenters. The lowest BCUT2D eigenvalue weighted by Crippen LogP contribution is -2.51. The van der Waals surface area contributed by atoms with Gasteiger partial charge in [-0.3, -0.25) is 9.69 Å². The van der Waals surface area contributed by atoms with Gasteiger partial charge in [0.2, 0.25) is 5.91 Å². The maximum Gasteiger partial charge on any atom is 0.249 e. The van der Waals surface area contributed by atoms with Crippen LogP contribution >= 0.6 is 0 Å². The highest BCUT2D eigenvalue weighted by Gasteiger charge is 2.35. The summed E-state index contributed by atoms with van der Waals surface area (Å²) in [6.07, 6.45) is 8.14. The maximum atomic E-state index is 13.7. The summed E-state index contributed by atoms with van der Waals surface area (Å²) in [5.41, 5.74) is 9.11. The van der Waals surface area contributed by atoms with Crippen LogP contribution in [0.5, 0.6) is 11.5 Å². The predicted octanol–water partition coefficient (Wildman–Crippen LogP) is 4.21. The largest absolute Gasteiger partial charge is 0.493 e. The van der Waals surface area contributed by atoms with Gasteiger partial charge in [-0.15, -0.1) is 0 Å². The summed E-state index contributed by atoms with van der Waals surface area (Å²) in [6.45, 7) is 1.48. The molecule has 1 aliphatic carbocycles. The second-order valence-electron chi connectivity index (χ2n) is 9.09. The van der Waals surface area contributed by atoms with Crippen LogP contribution in [0.1, 0.15) is 47.2 Å². The van der Waals surface area contributed by atoms with Gasteiger partial charge in [-0.25, -0.2) is 4.39 Å². The number of rotatable bonds is 8. The number of nitrogens with zero attached hydrogens (tertiary/aromatic N) is 1. The van der Waals surface area contributed by atoms with Crippen LogP contribution in [0, 0.1) is 5.82 Å². The number of aryl methyl sites for hydroxylation is 1. The number of halogens is 1. The van der Waals surface area contributed by atoms with E-state index in [1.54, 1.807) is 31.4 Å². The first-order valence-corrected chi connectivity index (χ1v) is 11.7. The van der Waals surface area contributed by atoms with Crippen molar-refractivity contribution in [1.82, 2.24) is 9.88 Å². The minimum Gasteiger partial charge on any atom is -0.493 e. The third-order valence-electron chi connectivity index (χ3n) is 7.17. The topological polar surface area (TPSA) is 80.6 Å². The Morgan fingerprint density at radius 1 is 1.27 bits per heavy atom. The fourth-order valence-electron chi connectivity index (χ4n) is 5.24. The van der Waals surface area contributed by atoms with Crippen LogP contribution in [0.2, 0.25) is 0 Å². The lowest BCUT2D eigenvalue weighted by atomic mass is 9.87. The van der Waals surface area contributed by atoms with Crippen molar-refractivity contribution in [3.63, 3.8) is 0 Å². The molecular weight excluding hydrogens is 421 g/mol. The van der Waals surface area contributed by atoms with E-state index in [0.29, 0.717) is 36.1 Å². The number of carbonyl (C=O) groups is 1. The Morgan fingerprint density at radius 2 is 2.12 bits per heavy atom. The number of primary amides is 1. The van der Waals surface area contributed by atoms with Crippen molar-refractivity contribution < 1.29 is 18.7 Å². The van der Waals surface area contributed by atoms with E-state index in [-0.39, 0.29) is 11.9 Å². The number of aromatic amines is 1. The number of carbonyl (C=O) groups excluding carboxylic acids is 1. The van der Waals surface area contributed by atoms with Gasteiger partial charge in [0.1, 0.15) is 12.4 Å². The number of hydrogen-bond donors (Lipinski definition) is 2. The van der Waals surface area contributed by atoms with Crippen molar-refractivity contribution in [2.75, 3.05) is 20.3 Å². The predicted molar refractivity (Wildman–Crippen MR) is 125 cm³/mol. The van der Waals surface area contributed by atoms with Crippen LogP contribution in [0.15, 0.2) is 36.5 Å². The Morgan fingerprint density at radius 3 is 2.85 bits per heavy atom. The minimum atomic E-state index is -0.445. The normalized spacial score (nSPS) is 18.1. The number of benzene rings is 2. The van der Waals surface area contributed by atoms with E-state index in [1.165, 1.54) is 25.3 Å². The van der Waals surface area contributed by atoms with E-state index in [2.05, 4.69) is 9.88 Å². The van der Waals surface area contributed by atoms with Crippen molar-refractivity contribution in [1.29, 1.82) is 0 Å². The summed E-state index contributed by atoms with van der Waals surface area (Å²) in [5, 5.41) is 0.957. The molecule has 1 aliphatic heterocycles. The molecule has 3 aromatic rings. The molecule has 7 heteroatoms. The van der Waals surface area contributed by atoms with Crippen LogP contribution in [-0.4, -0.2) is 48.1 Å².